The van der Waals surface area contributed by atoms with Crippen molar-refractivity contribution in [1.29, 1.82) is 5.26 Å². The standard InChI is InChI=1S/C12H17NO.C3H5N/c14-12-6-4-5-11(9-12)10-13-7-2-1-3-8-13;1-2-3-4/h4-6,9,14H,1-3,7-8,10H2;2H2,1H3. The number of aromatic hydroxyl groups is 1. The molecule has 2 rings (SSSR count). The molecule has 1 N–H and O–H groups in total. The predicted molar refractivity (Wildman–Crippen MR) is 73.1 cm³/mol. The van der Waals surface area contributed by atoms with Crippen molar-refractivity contribution in [2.75, 3.05) is 13.1 Å². The Kier molecular flexibility index (Phi) is 6.90. The van der Waals surface area contributed by atoms with Crippen LogP contribution in [-0.4, -0.2) is 23.1 Å². The number of hydrogen-bond acceptors (Lipinski definition) is 3. The van der Waals surface area contributed by atoms with Gasteiger partial charge in [0.15, 0.2) is 0 Å². The highest BCUT2D eigenvalue weighted by Gasteiger charge is 2.10. The highest BCUT2D eigenvalue weighted by molar-refractivity contribution is 5.26. The van der Waals surface area contributed by atoms with Gasteiger partial charge in [-0.15, -0.1) is 0 Å². The van der Waals surface area contributed by atoms with Crippen molar-refractivity contribution >= 4 is 0 Å². The van der Waals surface area contributed by atoms with Crippen LogP contribution in [0.4, 0.5) is 0 Å². The number of benzene rings is 1. The minimum Gasteiger partial charge on any atom is -0.508 e. The average molecular weight is 246 g/mol. The summed E-state index contributed by atoms with van der Waals surface area (Å²) in [6.45, 7) is 5.21. The summed E-state index contributed by atoms with van der Waals surface area (Å²) in [5.41, 5.74) is 1.21. The monoisotopic (exact) mass is 246 g/mol. The molecule has 1 aliphatic heterocycles. The van der Waals surface area contributed by atoms with Crippen LogP contribution in [0.2, 0.25) is 0 Å². The van der Waals surface area contributed by atoms with Crippen LogP contribution in [0.1, 0.15) is 38.2 Å². The Morgan fingerprint density at radius 1 is 1.28 bits per heavy atom. The molecule has 1 aliphatic rings. The zero-order valence-electron chi connectivity index (χ0n) is 11.1. The second kappa shape index (κ2) is 8.54. The Labute approximate surface area is 110 Å². The topological polar surface area (TPSA) is 47.3 Å². The lowest BCUT2D eigenvalue weighted by atomic mass is 10.1. The molecule has 18 heavy (non-hydrogen) atoms. The predicted octanol–water partition coefficient (Wildman–Crippen LogP) is 3.30. The number of phenolic OH excluding ortho intramolecular Hbond substituents is 1. The summed E-state index contributed by atoms with van der Waals surface area (Å²) in [6.07, 6.45) is 4.63. The van der Waals surface area contributed by atoms with Gasteiger partial charge in [-0.2, -0.15) is 5.26 Å². The molecule has 0 spiro atoms. The van der Waals surface area contributed by atoms with Gasteiger partial charge < -0.3 is 5.11 Å². The van der Waals surface area contributed by atoms with E-state index in [0.717, 1.165) is 6.54 Å². The third-order valence-electron chi connectivity index (χ3n) is 2.92. The number of hydrogen-bond donors (Lipinski definition) is 1. The van der Waals surface area contributed by atoms with Gasteiger partial charge in [-0.05, 0) is 43.6 Å². The Balaban J connectivity index is 0.000000357. The first-order chi connectivity index (χ1) is 8.76. The Morgan fingerprint density at radius 2 is 1.94 bits per heavy atom. The molecule has 0 aliphatic carbocycles. The fraction of sp³-hybridized carbons (Fsp3) is 0.533. The van der Waals surface area contributed by atoms with E-state index in [4.69, 9.17) is 5.26 Å². The second-order valence-corrected chi connectivity index (χ2v) is 4.52. The van der Waals surface area contributed by atoms with Crippen molar-refractivity contribution in [3.63, 3.8) is 0 Å². The molecule has 0 bridgehead atoms. The SMILES string of the molecule is CCC#N.Oc1cccc(CN2CCCCC2)c1. The summed E-state index contributed by atoms with van der Waals surface area (Å²) in [6, 6.07) is 9.50. The van der Waals surface area contributed by atoms with Gasteiger partial charge in [-0.25, -0.2) is 0 Å². The molecule has 1 saturated heterocycles. The number of phenols is 1. The van der Waals surface area contributed by atoms with Crippen molar-refractivity contribution in [2.24, 2.45) is 0 Å². The minimum absolute atomic E-state index is 0.375. The van der Waals surface area contributed by atoms with Gasteiger partial charge in [0.25, 0.3) is 0 Å². The largest absolute Gasteiger partial charge is 0.508 e. The molecule has 0 unspecified atom stereocenters. The van der Waals surface area contributed by atoms with Crippen LogP contribution in [0.15, 0.2) is 24.3 Å². The second-order valence-electron chi connectivity index (χ2n) is 4.52. The van der Waals surface area contributed by atoms with Crippen LogP contribution in [0, 0.1) is 11.3 Å². The normalized spacial score (nSPS) is 15.3. The van der Waals surface area contributed by atoms with Crippen LogP contribution in [0.25, 0.3) is 0 Å². The number of piperidine rings is 1. The lowest BCUT2D eigenvalue weighted by Crippen LogP contribution is -2.28. The molecule has 1 aromatic rings. The molecule has 1 aromatic carbocycles. The number of nitriles is 1. The number of likely N-dealkylation sites (tertiary alicyclic amines) is 1. The maximum Gasteiger partial charge on any atom is 0.115 e. The van der Waals surface area contributed by atoms with Crippen LogP contribution < -0.4 is 0 Å². The summed E-state index contributed by atoms with van der Waals surface area (Å²) in [4.78, 5) is 2.46. The van der Waals surface area contributed by atoms with E-state index in [1.807, 2.05) is 25.1 Å². The minimum atomic E-state index is 0.375. The smallest absolute Gasteiger partial charge is 0.115 e. The summed E-state index contributed by atoms with van der Waals surface area (Å²) in [5, 5.41) is 16.9. The van der Waals surface area contributed by atoms with Gasteiger partial charge in [0.05, 0.1) is 6.07 Å². The van der Waals surface area contributed by atoms with E-state index >= 15 is 0 Å². The van der Waals surface area contributed by atoms with Gasteiger partial charge in [0.2, 0.25) is 0 Å². The first kappa shape index (κ1) is 14.5. The van der Waals surface area contributed by atoms with Gasteiger partial charge in [0, 0.05) is 13.0 Å². The van der Waals surface area contributed by atoms with E-state index in [0.29, 0.717) is 12.2 Å². The van der Waals surface area contributed by atoms with Gasteiger partial charge >= 0.3 is 0 Å². The van der Waals surface area contributed by atoms with E-state index in [9.17, 15) is 5.11 Å². The zero-order chi connectivity index (χ0) is 13.2. The van der Waals surface area contributed by atoms with Crippen molar-refractivity contribution < 1.29 is 5.11 Å². The van der Waals surface area contributed by atoms with E-state index in [-0.39, 0.29) is 0 Å². The zero-order valence-corrected chi connectivity index (χ0v) is 11.1. The molecule has 0 aromatic heterocycles. The van der Waals surface area contributed by atoms with Crippen LogP contribution in [-0.2, 0) is 6.54 Å². The summed E-state index contributed by atoms with van der Waals surface area (Å²) >= 11 is 0. The van der Waals surface area contributed by atoms with Crippen LogP contribution in [0.3, 0.4) is 0 Å². The van der Waals surface area contributed by atoms with E-state index < -0.39 is 0 Å². The average Bonchev–Trinajstić information content (AvgIpc) is 2.40. The quantitative estimate of drug-likeness (QED) is 0.871. The Hall–Kier alpha value is -1.53. The maximum atomic E-state index is 9.32. The third-order valence-corrected chi connectivity index (χ3v) is 2.92. The molecule has 3 heteroatoms. The summed E-state index contributed by atoms with van der Waals surface area (Å²) in [5.74, 6) is 0.375. The molecule has 1 fully saturated rings. The molecule has 1 heterocycles. The molecular formula is C15H22N2O. The van der Waals surface area contributed by atoms with Gasteiger partial charge in [-0.3, -0.25) is 4.90 Å². The highest BCUT2D eigenvalue weighted by Crippen LogP contribution is 2.16. The first-order valence-electron chi connectivity index (χ1n) is 6.63. The van der Waals surface area contributed by atoms with Crippen LogP contribution in [0.5, 0.6) is 5.75 Å². The van der Waals surface area contributed by atoms with Crippen molar-refractivity contribution in [2.45, 2.75) is 39.2 Å². The van der Waals surface area contributed by atoms with Crippen LogP contribution >= 0.6 is 0 Å². The first-order valence-corrected chi connectivity index (χ1v) is 6.63. The van der Waals surface area contributed by atoms with Crippen molar-refractivity contribution in [3.05, 3.63) is 29.8 Å². The Bertz CT molecular complexity index is 378. The summed E-state index contributed by atoms with van der Waals surface area (Å²) in [7, 11) is 0. The molecule has 98 valence electrons. The molecule has 0 radical (unpaired) electrons. The number of rotatable bonds is 2. The number of nitrogens with zero attached hydrogens (tertiary/aromatic N) is 2. The van der Waals surface area contributed by atoms with Crippen molar-refractivity contribution in [3.8, 4) is 11.8 Å². The van der Waals surface area contributed by atoms with E-state index in [1.165, 1.54) is 37.9 Å². The Morgan fingerprint density at radius 3 is 2.50 bits per heavy atom. The van der Waals surface area contributed by atoms with E-state index in [1.54, 1.807) is 6.07 Å². The maximum absolute atomic E-state index is 9.32. The lowest BCUT2D eigenvalue weighted by Gasteiger charge is -2.26. The summed E-state index contributed by atoms with van der Waals surface area (Å²) < 4.78 is 0. The van der Waals surface area contributed by atoms with E-state index in [2.05, 4.69) is 11.0 Å². The lowest BCUT2D eigenvalue weighted by molar-refractivity contribution is 0.220. The molecule has 0 amide bonds. The fourth-order valence-corrected chi connectivity index (χ4v) is 2.03. The van der Waals surface area contributed by atoms with Crippen molar-refractivity contribution in [1.82, 2.24) is 4.90 Å². The third kappa shape index (κ3) is 5.70. The molecule has 0 atom stereocenters. The van der Waals surface area contributed by atoms with Gasteiger partial charge in [-0.1, -0.05) is 25.5 Å². The molecule has 3 nitrogen and oxygen atoms in total. The highest BCUT2D eigenvalue weighted by atomic mass is 16.3. The molecule has 0 saturated carbocycles. The fourth-order valence-electron chi connectivity index (χ4n) is 2.03. The van der Waals surface area contributed by atoms with Gasteiger partial charge in [0.1, 0.15) is 5.75 Å². The molecular weight excluding hydrogens is 224 g/mol.